The number of alkyl halides is 3. The number of aliphatic imine (C=N–C) groups is 1. The Labute approximate surface area is 206 Å². The summed E-state index contributed by atoms with van der Waals surface area (Å²) in [7, 11) is 1.89. The first-order chi connectivity index (χ1) is 16.6. The molecule has 2 aliphatic rings. The summed E-state index contributed by atoms with van der Waals surface area (Å²) < 4.78 is 48.1. The molecular formula is C24H26ClF3N4O3. The lowest BCUT2D eigenvalue weighted by atomic mass is 10.2. The van der Waals surface area contributed by atoms with E-state index in [1.165, 1.54) is 18.2 Å². The normalized spacial score (nSPS) is 18.7. The van der Waals surface area contributed by atoms with Crippen molar-refractivity contribution in [3.05, 3.63) is 71.0 Å². The quantitative estimate of drug-likeness (QED) is 0.558. The Morgan fingerprint density at radius 3 is 2.57 bits per heavy atom. The van der Waals surface area contributed by atoms with Gasteiger partial charge in [-0.25, -0.2) is 4.99 Å². The number of ether oxygens (including phenoxy) is 2. The van der Waals surface area contributed by atoms with Gasteiger partial charge in [0.25, 0.3) is 6.35 Å². The predicted octanol–water partition coefficient (Wildman–Crippen LogP) is 4.63. The molecule has 2 aromatic carbocycles. The van der Waals surface area contributed by atoms with E-state index in [2.05, 4.69) is 4.74 Å². The van der Waals surface area contributed by atoms with Crippen LogP contribution in [0.25, 0.3) is 0 Å². The molecule has 2 atom stereocenters. The predicted molar refractivity (Wildman–Crippen MR) is 126 cm³/mol. The van der Waals surface area contributed by atoms with Crippen molar-refractivity contribution >= 4 is 17.4 Å². The van der Waals surface area contributed by atoms with E-state index in [1.807, 2.05) is 47.0 Å². The molecule has 35 heavy (non-hydrogen) atoms. The summed E-state index contributed by atoms with van der Waals surface area (Å²) in [4.78, 5) is 10.6. The van der Waals surface area contributed by atoms with E-state index in [0.29, 0.717) is 37.0 Å². The van der Waals surface area contributed by atoms with E-state index >= 15 is 0 Å². The standard InChI is InChI=1S/C24H26ClF3N4O3/c1-3-18(33)13-31-14-21-22(30(2)15-31)29-23(32(21)12-16-7-9-17(25)10-8-16)34-19-5-4-6-20(11-19)35-24(26,27)28/h4-11,14,18,23,33H,3,12-13,15H2,1-2H3. The van der Waals surface area contributed by atoms with Gasteiger partial charge < -0.3 is 29.3 Å². The Morgan fingerprint density at radius 1 is 1.17 bits per heavy atom. The maximum absolute atomic E-state index is 12.7. The second kappa shape index (κ2) is 10.2. The van der Waals surface area contributed by atoms with Gasteiger partial charge in [0.2, 0.25) is 0 Å². The summed E-state index contributed by atoms with van der Waals surface area (Å²) in [6, 6.07) is 12.7. The van der Waals surface area contributed by atoms with Crippen LogP contribution in [0.15, 0.2) is 65.4 Å². The molecule has 2 unspecified atom stereocenters. The Balaban J connectivity index is 1.63. The Kier molecular flexibility index (Phi) is 7.32. The van der Waals surface area contributed by atoms with Crippen LogP contribution in [0.3, 0.4) is 0 Å². The molecule has 0 fully saturated rings. The molecule has 4 rings (SSSR count). The van der Waals surface area contributed by atoms with E-state index in [0.717, 1.165) is 11.3 Å². The fraction of sp³-hybridized carbons (Fsp3) is 0.375. The second-order valence-corrected chi connectivity index (χ2v) is 8.80. The van der Waals surface area contributed by atoms with Crippen LogP contribution < -0.4 is 9.47 Å². The Morgan fingerprint density at radius 2 is 1.89 bits per heavy atom. The third-order valence-corrected chi connectivity index (χ3v) is 5.81. The summed E-state index contributed by atoms with van der Waals surface area (Å²) in [6.07, 6.45) is -3.55. The van der Waals surface area contributed by atoms with Crippen LogP contribution in [-0.2, 0) is 6.54 Å². The van der Waals surface area contributed by atoms with E-state index in [4.69, 9.17) is 21.3 Å². The summed E-state index contributed by atoms with van der Waals surface area (Å²) in [5.74, 6) is 0.495. The van der Waals surface area contributed by atoms with Gasteiger partial charge in [-0.1, -0.05) is 36.7 Å². The summed E-state index contributed by atoms with van der Waals surface area (Å²) in [6.45, 7) is 3.31. The lowest BCUT2D eigenvalue weighted by Gasteiger charge is -2.36. The highest BCUT2D eigenvalue weighted by atomic mass is 35.5. The van der Waals surface area contributed by atoms with Gasteiger partial charge in [-0.3, -0.25) is 0 Å². The molecule has 0 amide bonds. The number of likely N-dealkylation sites (N-methyl/N-ethyl adjacent to an activating group) is 1. The summed E-state index contributed by atoms with van der Waals surface area (Å²) >= 11 is 6.03. The molecule has 11 heteroatoms. The number of nitrogens with zero attached hydrogens (tertiary/aromatic N) is 4. The third-order valence-electron chi connectivity index (χ3n) is 5.56. The van der Waals surface area contributed by atoms with E-state index in [1.54, 1.807) is 18.2 Å². The van der Waals surface area contributed by atoms with Crippen molar-refractivity contribution in [2.24, 2.45) is 4.99 Å². The van der Waals surface area contributed by atoms with E-state index in [-0.39, 0.29) is 11.5 Å². The molecule has 2 heterocycles. The first kappa shape index (κ1) is 25.0. The first-order valence-corrected chi connectivity index (χ1v) is 11.5. The maximum Gasteiger partial charge on any atom is 0.573 e. The minimum absolute atomic E-state index is 0.183. The number of β-amino-alcohol motifs (C(OH)–C–C–N with tert-alkyl or cyclic N) is 1. The minimum atomic E-state index is -4.80. The highest BCUT2D eigenvalue weighted by Crippen LogP contribution is 2.32. The van der Waals surface area contributed by atoms with Crippen molar-refractivity contribution in [2.45, 2.75) is 38.7 Å². The van der Waals surface area contributed by atoms with Gasteiger partial charge in [-0.15, -0.1) is 13.2 Å². The molecule has 0 aliphatic carbocycles. The topological polar surface area (TPSA) is 60.8 Å². The molecule has 2 aromatic rings. The Hall–Kier alpha value is -3.11. The number of rotatable bonds is 8. The van der Waals surface area contributed by atoms with Crippen LogP contribution in [0.2, 0.25) is 5.02 Å². The smallest absolute Gasteiger partial charge is 0.450 e. The lowest BCUT2D eigenvalue weighted by molar-refractivity contribution is -0.274. The zero-order valence-electron chi connectivity index (χ0n) is 19.2. The molecule has 2 aliphatic heterocycles. The molecule has 7 nitrogen and oxygen atoms in total. The van der Waals surface area contributed by atoms with Crippen LogP contribution in [-0.4, -0.2) is 64.7 Å². The molecule has 0 radical (unpaired) electrons. The molecular weight excluding hydrogens is 485 g/mol. The summed E-state index contributed by atoms with van der Waals surface area (Å²) in [5, 5.41) is 10.8. The van der Waals surface area contributed by atoms with Crippen LogP contribution in [0.5, 0.6) is 11.5 Å². The van der Waals surface area contributed by atoms with E-state index < -0.39 is 18.8 Å². The van der Waals surface area contributed by atoms with Crippen molar-refractivity contribution in [3.8, 4) is 11.5 Å². The van der Waals surface area contributed by atoms with Crippen molar-refractivity contribution in [1.82, 2.24) is 14.7 Å². The number of aliphatic hydroxyl groups is 1. The SMILES string of the molecule is CCC(O)CN1C=C2C(=NC(Oc3cccc(OC(F)(F)F)c3)N2Cc2ccc(Cl)cc2)N(C)C1. The molecule has 0 saturated carbocycles. The van der Waals surface area contributed by atoms with Crippen LogP contribution in [0.4, 0.5) is 13.2 Å². The van der Waals surface area contributed by atoms with Gasteiger partial charge >= 0.3 is 6.36 Å². The average molecular weight is 511 g/mol. The fourth-order valence-electron chi connectivity index (χ4n) is 3.88. The average Bonchev–Trinajstić information content (AvgIpc) is 3.11. The van der Waals surface area contributed by atoms with Gasteiger partial charge in [0.15, 0.2) is 5.84 Å². The number of amidine groups is 1. The maximum atomic E-state index is 12.7. The molecule has 0 saturated heterocycles. The third kappa shape index (κ3) is 6.32. The molecule has 0 aromatic heterocycles. The fourth-order valence-corrected chi connectivity index (χ4v) is 4.01. The highest BCUT2D eigenvalue weighted by Gasteiger charge is 2.38. The van der Waals surface area contributed by atoms with Crippen molar-refractivity contribution < 1.29 is 27.8 Å². The zero-order valence-corrected chi connectivity index (χ0v) is 20.0. The van der Waals surface area contributed by atoms with Crippen molar-refractivity contribution in [3.63, 3.8) is 0 Å². The molecule has 0 bridgehead atoms. The number of fused-ring (bicyclic) bond motifs is 1. The van der Waals surface area contributed by atoms with E-state index in [9.17, 15) is 18.3 Å². The first-order valence-electron chi connectivity index (χ1n) is 11.1. The van der Waals surface area contributed by atoms with Gasteiger partial charge in [0, 0.05) is 37.4 Å². The van der Waals surface area contributed by atoms with Gasteiger partial charge in [0.1, 0.15) is 17.2 Å². The number of halogens is 4. The van der Waals surface area contributed by atoms with Gasteiger partial charge in [-0.2, -0.15) is 0 Å². The lowest BCUT2D eigenvalue weighted by Crippen LogP contribution is -2.46. The van der Waals surface area contributed by atoms with Crippen molar-refractivity contribution in [2.75, 3.05) is 20.3 Å². The second-order valence-electron chi connectivity index (χ2n) is 8.36. The molecule has 0 spiro atoms. The molecule has 1 N–H and O–H groups in total. The largest absolute Gasteiger partial charge is 0.573 e. The highest BCUT2D eigenvalue weighted by molar-refractivity contribution is 6.30. The number of hydrogen-bond acceptors (Lipinski definition) is 7. The van der Waals surface area contributed by atoms with Crippen LogP contribution in [0.1, 0.15) is 18.9 Å². The van der Waals surface area contributed by atoms with Gasteiger partial charge in [0.05, 0.1) is 12.8 Å². The number of hydrogen-bond donors (Lipinski definition) is 1. The van der Waals surface area contributed by atoms with Crippen LogP contribution >= 0.6 is 11.6 Å². The van der Waals surface area contributed by atoms with Crippen LogP contribution in [0, 0.1) is 0 Å². The summed E-state index contributed by atoms with van der Waals surface area (Å²) in [5.41, 5.74) is 1.73. The molecule has 188 valence electrons. The van der Waals surface area contributed by atoms with Gasteiger partial charge in [-0.05, 0) is 36.2 Å². The number of benzene rings is 2. The minimum Gasteiger partial charge on any atom is -0.450 e. The zero-order chi connectivity index (χ0) is 25.2. The monoisotopic (exact) mass is 510 g/mol. The van der Waals surface area contributed by atoms with Crippen molar-refractivity contribution in [1.29, 1.82) is 0 Å². The Bertz CT molecular complexity index is 1090. The number of aliphatic hydroxyl groups excluding tert-OH is 1.